The number of ether oxygens (including phenoxy) is 1. The molecule has 0 radical (unpaired) electrons. The predicted molar refractivity (Wildman–Crippen MR) is 61.9 cm³/mol. The van der Waals surface area contributed by atoms with E-state index >= 15 is 0 Å². The molecular weight excluding hydrogens is 204 g/mol. The van der Waals surface area contributed by atoms with Gasteiger partial charge in [0.25, 0.3) is 0 Å². The Kier molecular flexibility index (Phi) is 3.22. The Labute approximate surface area is 97.3 Å². The number of nitrogens with one attached hydrogen (secondary N) is 1. The van der Waals surface area contributed by atoms with E-state index in [1.807, 2.05) is 11.8 Å². The van der Waals surface area contributed by atoms with Gasteiger partial charge in [0.2, 0.25) is 5.91 Å². The number of hydrogen-bond donors (Lipinski definition) is 1. The van der Waals surface area contributed by atoms with Crippen LogP contribution in [0.5, 0.6) is 0 Å². The quantitative estimate of drug-likeness (QED) is 0.710. The minimum absolute atomic E-state index is 0.164. The number of carbonyl (C=O) groups excluding carboxylic acids is 1. The second kappa shape index (κ2) is 4.34. The van der Waals surface area contributed by atoms with Gasteiger partial charge in [0.1, 0.15) is 0 Å². The highest BCUT2D eigenvalue weighted by molar-refractivity contribution is 5.91. The Morgan fingerprint density at radius 1 is 1.56 bits per heavy atom. The molecule has 4 heteroatoms. The predicted octanol–water partition coefficient (Wildman–Crippen LogP) is 0.969. The molecule has 1 aliphatic heterocycles. The summed E-state index contributed by atoms with van der Waals surface area (Å²) in [5.74, 6) is 0.827. The molecule has 1 saturated heterocycles. The molecule has 1 unspecified atom stereocenters. The zero-order valence-corrected chi connectivity index (χ0v) is 10.5. The fourth-order valence-electron chi connectivity index (χ4n) is 2.25. The van der Waals surface area contributed by atoms with Crippen LogP contribution in [0.25, 0.3) is 0 Å². The number of carbonyl (C=O) groups is 1. The van der Waals surface area contributed by atoms with Gasteiger partial charge < -0.3 is 9.64 Å². The van der Waals surface area contributed by atoms with Crippen LogP contribution in [0, 0.1) is 5.92 Å². The van der Waals surface area contributed by atoms with E-state index in [2.05, 4.69) is 19.2 Å². The molecule has 1 spiro atoms. The molecule has 1 N–H and O–H groups in total. The molecular formula is C12H22N2O2. The molecule has 2 rings (SSSR count). The molecule has 1 atom stereocenters. The summed E-state index contributed by atoms with van der Waals surface area (Å²) in [6.45, 7) is 8.44. The molecule has 2 fully saturated rings. The normalized spacial score (nSPS) is 27.1. The largest absolute Gasteiger partial charge is 0.379 e. The van der Waals surface area contributed by atoms with Crippen LogP contribution in [-0.2, 0) is 9.53 Å². The van der Waals surface area contributed by atoms with Crippen LogP contribution in [0.1, 0.15) is 33.6 Å². The standard InChI is InChI=1S/C12H22N2O2/c1-9(2)8-16-7-6-14-10(3)13-12(4-5-12)11(14)15/h9-10,13H,4-8H2,1-3H3. The zero-order valence-electron chi connectivity index (χ0n) is 10.5. The van der Waals surface area contributed by atoms with Crippen molar-refractivity contribution in [2.75, 3.05) is 19.8 Å². The van der Waals surface area contributed by atoms with E-state index in [1.165, 1.54) is 0 Å². The summed E-state index contributed by atoms with van der Waals surface area (Å²) in [6.07, 6.45) is 2.16. The number of nitrogens with zero attached hydrogens (tertiary/aromatic N) is 1. The fourth-order valence-corrected chi connectivity index (χ4v) is 2.25. The van der Waals surface area contributed by atoms with Crippen LogP contribution in [0.2, 0.25) is 0 Å². The van der Waals surface area contributed by atoms with Crippen molar-refractivity contribution in [2.45, 2.75) is 45.3 Å². The molecule has 4 nitrogen and oxygen atoms in total. The Hall–Kier alpha value is -0.610. The molecule has 16 heavy (non-hydrogen) atoms. The van der Waals surface area contributed by atoms with Crippen molar-refractivity contribution in [1.29, 1.82) is 0 Å². The smallest absolute Gasteiger partial charge is 0.244 e. The van der Waals surface area contributed by atoms with E-state index in [-0.39, 0.29) is 17.6 Å². The molecule has 1 heterocycles. The highest BCUT2D eigenvalue weighted by atomic mass is 16.5. The summed E-state index contributed by atoms with van der Waals surface area (Å²) >= 11 is 0. The van der Waals surface area contributed by atoms with Gasteiger partial charge in [0.05, 0.1) is 18.3 Å². The van der Waals surface area contributed by atoms with Gasteiger partial charge in [-0.3, -0.25) is 10.1 Å². The highest BCUT2D eigenvalue weighted by Gasteiger charge is 2.57. The zero-order chi connectivity index (χ0) is 11.8. The lowest BCUT2D eigenvalue weighted by Gasteiger charge is -2.20. The minimum atomic E-state index is -0.183. The van der Waals surface area contributed by atoms with Crippen molar-refractivity contribution < 1.29 is 9.53 Å². The monoisotopic (exact) mass is 226 g/mol. The molecule has 2 aliphatic rings. The first-order valence-electron chi connectivity index (χ1n) is 6.22. The van der Waals surface area contributed by atoms with Crippen molar-refractivity contribution in [3.05, 3.63) is 0 Å². The van der Waals surface area contributed by atoms with E-state index in [1.54, 1.807) is 0 Å². The van der Waals surface area contributed by atoms with Gasteiger partial charge in [0, 0.05) is 13.2 Å². The third kappa shape index (κ3) is 2.23. The second-order valence-corrected chi connectivity index (χ2v) is 5.37. The molecule has 1 aliphatic carbocycles. The first-order valence-corrected chi connectivity index (χ1v) is 6.22. The van der Waals surface area contributed by atoms with Crippen LogP contribution >= 0.6 is 0 Å². The van der Waals surface area contributed by atoms with Crippen molar-refractivity contribution in [3.8, 4) is 0 Å². The van der Waals surface area contributed by atoms with Crippen molar-refractivity contribution in [1.82, 2.24) is 10.2 Å². The maximum Gasteiger partial charge on any atom is 0.244 e. The molecule has 0 bridgehead atoms. The van der Waals surface area contributed by atoms with Gasteiger partial charge in [-0.15, -0.1) is 0 Å². The number of hydrogen-bond acceptors (Lipinski definition) is 3. The maximum atomic E-state index is 12.0. The summed E-state index contributed by atoms with van der Waals surface area (Å²) in [4.78, 5) is 13.9. The van der Waals surface area contributed by atoms with E-state index in [0.29, 0.717) is 19.1 Å². The maximum absolute atomic E-state index is 12.0. The summed E-state index contributed by atoms with van der Waals surface area (Å²) in [5.41, 5.74) is -0.183. The molecule has 0 aromatic rings. The average Bonchev–Trinajstić information content (AvgIpc) is 2.92. The molecule has 1 saturated carbocycles. The lowest BCUT2D eigenvalue weighted by molar-refractivity contribution is -0.131. The Balaban J connectivity index is 1.75. The van der Waals surface area contributed by atoms with Crippen LogP contribution in [0.3, 0.4) is 0 Å². The second-order valence-electron chi connectivity index (χ2n) is 5.37. The summed E-state index contributed by atoms with van der Waals surface area (Å²) in [6, 6.07) is 0. The Morgan fingerprint density at radius 2 is 2.25 bits per heavy atom. The van der Waals surface area contributed by atoms with E-state index < -0.39 is 0 Å². The van der Waals surface area contributed by atoms with Crippen molar-refractivity contribution >= 4 is 5.91 Å². The first-order chi connectivity index (χ1) is 7.55. The van der Waals surface area contributed by atoms with Gasteiger partial charge in [-0.25, -0.2) is 0 Å². The van der Waals surface area contributed by atoms with E-state index in [4.69, 9.17) is 4.74 Å². The Morgan fingerprint density at radius 3 is 2.75 bits per heavy atom. The summed E-state index contributed by atoms with van der Waals surface area (Å²) in [7, 11) is 0. The van der Waals surface area contributed by atoms with Gasteiger partial charge >= 0.3 is 0 Å². The van der Waals surface area contributed by atoms with Crippen LogP contribution in [0.15, 0.2) is 0 Å². The number of rotatable bonds is 5. The third-order valence-corrected chi connectivity index (χ3v) is 3.30. The Bertz CT molecular complexity index is 274. The van der Waals surface area contributed by atoms with Crippen LogP contribution in [-0.4, -0.2) is 42.3 Å². The van der Waals surface area contributed by atoms with Gasteiger partial charge in [-0.05, 0) is 25.7 Å². The molecule has 0 aromatic heterocycles. The van der Waals surface area contributed by atoms with Crippen molar-refractivity contribution in [2.24, 2.45) is 5.92 Å². The molecule has 92 valence electrons. The van der Waals surface area contributed by atoms with Crippen LogP contribution in [0.4, 0.5) is 0 Å². The first kappa shape index (κ1) is 11.9. The minimum Gasteiger partial charge on any atom is -0.379 e. The third-order valence-electron chi connectivity index (χ3n) is 3.30. The highest BCUT2D eigenvalue weighted by Crippen LogP contribution is 2.41. The fraction of sp³-hybridized carbons (Fsp3) is 0.917. The van der Waals surface area contributed by atoms with Crippen molar-refractivity contribution in [3.63, 3.8) is 0 Å². The number of amides is 1. The SMILES string of the molecule is CC(C)COCCN1C(=O)C2(CC2)NC1C. The molecule has 1 amide bonds. The topological polar surface area (TPSA) is 41.6 Å². The van der Waals surface area contributed by atoms with Gasteiger partial charge in [-0.1, -0.05) is 13.8 Å². The average molecular weight is 226 g/mol. The van der Waals surface area contributed by atoms with Gasteiger partial charge in [-0.2, -0.15) is 0 Å². The molecule has 0 aromatic carbocycles. The van der Waals surface area contributed by atoms with E-state index in [0.717, 1.165) is 19.4 Å². The summed E-state index contributed by atoms with van der Waals surface area (Å²) < 4.78 is 5.52. The summed E-state index contributed by atoms with van der Waals surface area (Å²) in [5, 5.41) is 3.37. The lowest BCUT2D eigenvalue weighted by atomic mass is 10.2. The van der Waals surface area contributed by atoms with Crippen LogP contribution < -0.4 is 5.32 Å². The van der Waals surface area contributed by atoms with E-state index in [9.17, 15) is 4.79 Å². The lowest BCUT2D eigenvalue weighted by Crippen LogP contribution is -2.37. The van der Waals surface area contributed by atoms with Gasteiger partial charge in [0.15, 0.2) is 0 Å².